The standard InChI is InChI=1S/C15H13ClINO/c1-10-2-4-11(5-3-10)8-15(19)18-14-7-6-12(16)9-13(14)17/h2-7,9H,8H2,1H3,(H,18,19). The normalized spacial score (nSPS) is 10.3. The lowest BCUT2D eigenvalue weighted by atomic mass is 10.1. The zero-order valence-corrected chi connectivity index (χ0v) is 13.3. The molecule has 2 rings (SSSR count). The van der Waals surface area contributed by atoms with Gasteiger partial charge in [0.15, 0.2) is 0 Å². The van der Waals surface area contributed by atoms with E-state index in [1.165, 1.54) is 5.56 Å². The number of nitrogens with one attached hydrogen (secondary N) is 1. The van der Waals surface area contributed by atoms with Crippen LogP contribution in [0.15, 0.2) is 42.5 Å². The van der Waals surface area contributed by atoms with Crippen molar-refractivity contribution in [3.8, 4) is 0 Å². The van der Waals surface area contributed by atoms with Gasteiger partial charge in [-0.15, -0.1) is 0 Å². The van der Waals surface area contributed by atoms with Crippen LogP contribution < -0.4 is 5.32 Å². The van der Waals surface area contributed by atoms with Crippen molar-refractivity contribution in [3.05, 3.63) is 62.2 Å². The number of carbonyl (C=O) groups excluding carboxylic acids is 1. The van der Waals surface area contributed by atoms with Crippen molar-refractivity contribution in [1.82, 2.24) is 0 Å². The highest BCUT2D eigenvalue weighted by atomic mass is 127. The van der Waals surface area contributed by atoms with E-state index in [2.05, 4.69) is 27.9 Å². The minimum absolute atomic E-state index is 0.0240. The Hall–Kier alpha value is -1.07. The first-order chi connectivity index (χ1) is 9.04. The summed E-state index contributed by atoms with van der Waals surface area (Å²) >= 11 is 8.04. The van der Waals surface area contributed by atoms with Crippen LogP contribution in [0.5, 0.6) is 0 Å². The van der Waals surface area contributed by atoms with Gasteiger partial charge in [-0.2, -0.15) is 0 Å². The number of hydrogen-bond acceptors (Lipinski definition) is 1. The van der Waals surface area contributed by atoms with Crippen LogP contribution in [0.2, 0.25) is 5.02 Å². The van der Waals surface area contributed by atoms with E-state index in [0.717, 1.165) is 14.8 Å². The Morgan fingerprint density at radius 3 is 2.53 bits per heavy atom. The van der Waals surface area contributed by atoms with Crippen LogP contribution in [0.3, 0.4) is 0 Å². The highest BCUT2D eigenvalue weighted by Crippen LogP contribution is 2.22. The van der Waals surface area contributed by atoms with E-state index < -0.39 is 0 Å². The fourth-order valence-electron chi connectivity index (χ4n) is 1.68. The molecule has 0 fully saturated rings. The summed E-state index contributed by atoms with van der Waals surface area (Å²) in [7, 11) is 0. The van der Waals surface area contributed by atoms with Crippen molar-refractivity contribution >= 4 is 45.8 Å². The summed E-state index contributed by atoms with van der Waals surface area (Å²) in [4.78, 5) is 12.0. The molecule has 1 N–H and O–H groups in total. The van der Waals surface area contributed by atoms with Crippen molar-refractivity contribution in [2.45, 2.75) is 13.3 Å². The number of benzene rings is 2. The maximum atomic E-state index is 12.0. The number of aryl methyl sites for hydroxylation is 1. The second-order valence-corrected chi connectivity index (χ2v) is 5.93. The van der Waals surface area contributed by atoms with Crippen molar-refractivity contribution in [3.63, 3.8) is 0 Å². The molecule has 0 heterocycles. The summed E-state index contributed by atoms with van der Waals surface area (Å²) in [5, 5.41) is 3.56. The lowest BCUT2D eigenvalue weighted by molar-refractivity contribution is -0.115. The zero-order valence-electron chi connectivity index (χ0n) is 10.4. The molecule has 0 unspecified atom stereocenters. The predicted octanol–water partition coefficient (Wildman–Crippen LogP) is 4.43. The van der Waals surface area contributed by atoms with Crippen LogP contribution in [0.4, 0.5) is 5.69 Å². The molecule has 0 saturated carbocycles. The van der Waals surface area contributed by atoms with Gasteiger partial charge in [0, 0.05) is 8.59 Å². The second-order valence-electron chi connectivity index (χ2n) is 4.33. The molecule has 0 aliphatic carbocycles. The number of halogens is 2. The molecule has 0 saturated heterocycles. The Balaban J connectivity index is 2.03. The fourth-order valence-corrected chi connectivity index (χ4v) is 2.68. The van der Waals surface area contributed by atoms with E-state index in [1.54, 1.807) is 6.07 Å². The highest BCUT2D eigenvalue weighted by Gasteiger charge is 2.07. The predicted molar refractivity (Wildman–Crippen MR) is 87.7 cm³/mol. The van der Waals surface area contributed by atoms with Gasteiger partial charge in [-0.05, 0) is 53.3 Å². The Bertz CT molecular complexity index is 596. The molecule has 0 radical (unpaired) electrons. The van der Waals surface area contributed by atoms with E-state index in [0.29, 0.717) is 11.4 Å². The topological polar surface area (TPSA) is 29.1 Å². The van der Waals surface area contributed by atoms with Gasteiger partial charge in [-0.3, -0.25) is 4.79 Å². The molecule has 0 aliphatic heterocycles. The third kappa shape index (κ3) is 4.21. The highest BCUT2D eigenvalue weighted by molar-refractivity contribution is 14.1. The smallest absolute Gasteiger partial charge is 0.228 e. The third-order valence-electron chi connectivity index (χ3n) is 2.69. The first kappa shape index (κ1) is 14.3. The molecule has 0 spiro atoms. The molecule has 0 aliphatic rings. The van der Waals surface area contributed by atoms with Crippen LogP contribution >= 0.6 is 34.2 Å². The van der Waals surface area contributed by atoms with E-state index in [1.807, 2.05) is 43.3 Å². The Labute approximate surface area is 131 Å². The molecule has 2 nitrogen and oxygen atoms in total. The number of carbonyl (C=O) groups is 1. The average molecular weight is 386 g/mol. The van der Waals surface area contributed by atoms with E-state index in [9.17, 15) is 4.79 Å². The minimum atomic E-state index is -0.0240. The fraction of sp³-hybridized carbons (Fsp3) is 0.133. The largest absolute Gasteiger partial charge is 0.325 e. The van der Waals surface area contributed by atoms with Crippen molar-refractivity contribution in [2.24, 2.45) is 0 Å². The monoisotopic (exact) mass is 385 g/mol. The number of anilines is 1. The first-order valence-electron chi connectivity index (χ1n) is 5.85. The van der Waals surface area contributed by atoms with Crippen molar-refractivity contribution < 1.29 is 4.79 Å². The number of amides is 1. The quantitative estimate of drug-likeness (QED) is 0.778. The molecule has 0 atom stereocenters. The van der Waals surface area contributed by atoms with Crippen LogP contribution in [0, 0.1) is 10.5 Å². The van der Waals surface area contributed by atoms with Gasteiger partial charge in [0.1, 0.15) is 0 Å². The maximum absolute atomic E-state index is 12.0. The molecule has 2 aromatic carbocycles. The Morgan fingerprint density at radius 1 is 1.21 bits per heavy atom. The summed E-state index contributed by atoms with van der Waals surface area (Å²) in [5.41, 5.74) is 2.99. The number of rotatable bonds is 3. The molecule has 1 amide bonds. The van der Waals surface area contributed by atoms with Crippen LogP contribution in [-0.4, -0.2) is 5.91 Å². The van der Waals surface area contributed by atoms with Gasteiger partial charge in [-0.1, -0.05) is 41.4 Å². The van der Waals surface area contributed by atoms with E-state index >= 15 is 0 Å². The minimum Gasteiger partial charge on any atom is -0.325 e. The molecule has 4 heteroatoms. The van der Waals surface area contributed by atoms with E-state index in [4.69, 9.17) is 11.6 Å². The SMILES string of the molecule is Cc1ccc(CC(=O)Nc2ccc(Cl)cc2I)cc1. The Kier molecular flexibility index (Phi) is 4.82. The van der Waals surface area contributed by atoms with Gasteiger partial charge in [0.05, 0.1) is 12.1 Å². The molecular weight excluding hydrogens is 373 g/mol. The summed E-state index contributed by atoms with van der Waals surface area (Å²) in [5.74, 6) is -0.0240. The van der Waals surface area contributed by atoms with Crippen molar-refractivity contribution in [2.75, 3.05) is 5.32 Å². The Morgan fingerprint density at radius 2 is 1.89 bits per heavy atom. The van der Waals surface area contributed by atoms with Crippen LogP contribution in [-0.2, 0) is 11.2 Å². The molecule has 19 heavy (non-hydrogen) atoms. The summed E-state index contributed by atoms with van der Waals surface area (Å²) in [6, 6.07) is 13.4. The summed E-state index contributed by atoms with van der Waals surface area (Å²) in [6.07, 6.45) is 0.374. The van der Waals surface area contributed by atoms with Crippen LogP contribution in [0.1, 0.15) is 11.1 Å². The van der Waals surface area contributed by atoms with Gasteiger partial charge in [0.25, 0.3) is 0 Å². The summed E-state index contributed by atoms with van der Waals surface area (Å²) in [6.45, 7) is 2.03. The van der Waals surface area contributed by atoms with Gasteiger partial charge < -0.3 is 5.32 Å². The number of hydrogen-bond donors (Lipinski definition) is 1. The summed E-state index contributed by atoms with van der Waals surface area (Å²) < 4.78 is 0.933. The third-order valence-corrected chi connectivity index (χ3v) is 3.82. The molecule has 98 valence electrons. The zero-order chi connectivity index (χ0) is 13.8. The molecule has 2 aromatic rings. The molecule has 0 aromatic heterocycles. The maximum Gasteiger partial charge on any atom is 0.228 e. The van der Waals surface area contributed by atoms with Gasteiger partial charge >= 0.3 is 0 Å². The first-order valence-corrected chi connectivity index (χ1v) is 7.31. The van der Waals surface area contributed by atoms with Crippen molar-refractivity contribution in [1.29, 1.82) is 0 Å². The van der Waals surface area contributed by atoms with E-state index in [-0.39, 0.29) is 5.91 Å². The lowest BCUT2D eigenvalue weighted by Crippen LogP contribution is -2.15. The average Bonchev–Trinajstić information content (AvgIpc) is 2.36. The lowest BCUT2D eigenvalue weighted by Gasteiger charge is -2.08. The molecular formula is C15H13ClINO. The molecule has 0 bridgehead atoms. The second kappa shape index (κ2) is 6.39. The van der Waals surface area contributed by atoms with Gasteiger partial charge in [-0.25, -0.2) is 0 Å². The van der Waals surface area contributed by atoms with Gasteiger partial charge in [0.2, 0.25) is 5.91 Å². The van der Waals surface area contributed by atoms with Crippen LogP contribution in [0.25, 0.3) is 0 Å².